The molecule has 8 heteroatoms. The molecule has 1 spiro atoms. The van der Waals surface area contributed by atoms with Gasteiger partial charge in [-0.2, -0.15) is 0 Å². The normalized spacial score (nSPS) is 26.1. The van der Waals surface area contributed by atoms with E-state index in [1.54, 1.807) is 0 Å². The lowest BCUT2D eigenvalue weighted by Gasteiger charge is -2.41. The van der Waals surface area contributed by atoms with Crippen molar-refractivity contribution in [1.29, 1.82) is 0 Å². The van der Waals surface area contributed by atoms with Crippen molar-refractivity contribution in [2.24, 2.45) is 10.8 Å². The van der Waals surface area contributed by atoms with Gasteiger partial charge in [0, 0.05) is 37.3 Å². The van der Waals surface area contributed by atoms with E-state index in [0.717, 1.165) is 12.1 Å². The Morgan fingerprint density at radius 3 is 2.16 bits per heavy atom. The first kappa shape index (κ1) is 21.2. The molecular formula is C23H25NO7. The van der Waals surface area contributed by atoms with E-state index in [4.69, 9.17) is 4.74 Å². The molecule has 1 aromatic carbocycles. The average Bonchev–Trinajstić information content (AvgIpc) is 2.95. The molecule has 164 valence electrons. The SMILES string of the molecule is CC1(C)CC(=O)C2(OC3=C(C(=O)CC(C)(C)C3)[C@@H]2c2ccc(O)c([N+](=O)[O-])c2)C(=O)C1. The van der Waals surface area contributed by atoms with Crippen LogP contribution < -0.4 is 0 Å². The third-order valence-electron chi connectivity index (χ3n) is 6.49. The van der Waals surface area contributed by atoms with Gasteiger partial charge in [0.25, 0.3) is 0 Å². The molecule has 2 aliphatic carbocycles. The van der Waals surface area contributed by atoms with E-state index in [2.05, 4.69) is 0 Å². The number of phenols is 1. The maximum atomic E-state index is 13.5. The van der Waals surface area contributed by atoms with E-state index in [0.29, 0.717) is 12.2 Å². The fraction of sp³-hybridized carbons (Fsp3) is 0.522. The van der Waals surface area contributed by atoms with Crippen LogP contribution in [0.1, 0.15) is 64.9 Å². The standard InChI is InChI=1S/C23H25NO7/c1-21(2)8-15(26)19-16(9-21)31-23(17(27)10-22(3,4)11-18(23)28)20(19)12-5-6-14(25)13(7-12)24(29)30/h5-7,20,25H,8-11H2,1-4H3/t20-/m0/s1. The quantitative estimate of drug-likeness (QED) is 0.433. The number of aromatic hydroxyl groups is 1. The first-order chi connectivity index (χ1) is 14.3. The molecule has 1 fully saturated rings. The predicted octanol–water partition coefficient (Wildman–Crippen LogP) is 3.75. The Bertz CT molecular complexity index is 1060. The maximum Gasteiger partial charge on any atom is 0.310 e. The minimum absolute atomic E-state index is 0.0908. The average molecular weight is 427 g/mol. The molecule has 0 aromatic heterocycles. The van der Waals surface area contributed by atoms with Crippen LogP contribution in [-0.2, 0) is 19.1 Å². The Hall–Kier alpha value is -3.03. The molecule has 8 nitrogen and oxygen atoms in total. The molecule has 1 aromatic rings. The highest BCUT2D eigenvalue weighted by atomic mass is 16.6. The smallest absolute Gasteiger partial charge is 0.310 e. The molecule has 0 radical (unpaired) electrons. The van der Waals surface area contributed by atoms with Crippen molar-refractivity contribution in [2.75, 3.05) is 0 Å². The highest BCUT2D eigenvalue weighted by Crippen LogP contribution is 2.57. The molecule has 1 atom stereocenters. The van der Waals surface area contributed by atoms with Crippen molar-refractivity contribution < 1.29 is 29.2 Å². The molecule has 1 saturated carbocycles. The summed E-state index contributed by atoms with van der Waals surface area (Å²) in [5.74, 6) is -2.35. The minimum atomic E-state index is -1.90. The van der Waals surface area contributed by atoms with Gasteiger partial charge in [-0.1, -0.05) is 33.8 Å². The molecule has 1 N–H and O–H groups in total. The maximum absolute atomic E-state index is 13.5. The first-order valence-electron chi connectivity index (χ1n) is 10.3. The summed E-state index contributed by atoms with van der Waals surface area (Å²) in [6, 6.07) is 3.70. The molecule has 0 unspecified atom stereocenters. The van der Waals surface area contributed by atoms with Crippen LogP contribution in [0.4, 0.5) is 5.69 Å². The van der Waals surface area contributed by atoms with Crippen molar-refractivity contribution in [2.45, 2.75) is 64.9 Å². The number of benzene rings is 1. The van der Waals surface area contributed by atoms with Crippen LogP contribution in [0.5, 0.6) is 5.75 Å². The Balaban J connectivity index is 1.95. The van der Waals surface area contributed by atoms with Gasteiger partial charge in [-0.3, -0.25) is 24.5 Å². The second kappa shape index (κ2) is 6.48. The number of carbonyl (C=O) groups is 3. The third-order valence-corrected chi connectivity index (χ3v) is 6.49. The number of Topliss-reactive ketones (excluding diaryl/α,β-unsaturated/α-hetero) is 3. The topological polar surface area (TPSA) is 124 Å². The Morgan fingerprint density at radius 2 is 1.58 bits per heavy atom. The molecule has 1 aliphatic heterocycles. The second-order valence-electron chi connectivity index (χ2n) is 10.4. The number of hydrogen-bond acceptors (Lipinski definition) is 7. The zero-order valence-corrected chi connectivity index (χ0v) is 18.0. The van der Waals surface area contributed by atoms with E-state index in [-0.39, 0.29) is 36.2 Å². The Kier molecular flexibility index (Phi) is 4.44. The summed E-state index contributed by atoms with van der Waals surface area (Å²) in [6.45, 7) is 7.48. The monoisotopic (exact) mass is 427 g/mol. The van der Waals surface area contributed by atoms with Crippen molar-refractivity contribution >= 4 is 23.0 Å². The van der Waals surface area contributed by atoms with Crippen molar-refractivity contribution in [3.05, 3.63) is 45.2 Å². The molecule has 1 heterocycles. The third kappa shape index (κ3) is 3.16. The first-order valence-corrected chi connectivity index (χ1v) is 10.3. The summed E-state index contributed by atoms with van der Waals surface area (Å²) >= 11 is 0. The molecule has 0 bridgehead atoms. The number of hydrogen-bond donors (Lipinski definition) is 1. The van der Waals surface area contributed by atoms with Gasteiger partial charge >= 0.3 is 5.69 Å². The fourth-order valence-corrected chi connectivity index (χ4v) is 5.20. The van der Waals surface area contributed by atoms with Gasteiger partial charge in [0.05, 0.1) is 10.8 Å². The number of nitro groups is 1. The van der Waals surface area contributed by atoms with Crippen molar-refractivity contribution in [3.63, 3.8) is 0 Å². The lowest BCUT2D eigenvalue weighted by Crippen LogP contribution is -2.57. The van der Waals surface area contributed by atoms with Crippen LogP contribution in [0, 0.1) is 20.9 Å². The lowest BCUT2D eigenvalue weighted by atomic mass is 9.61. The van der Waals surface area contributed by atoms with Gasteiger partial charge in [-0.05, 0) is 22.5 Å². The van der Waals surface area contributed by atoms with Crippen molar-refractivity contribution in [3.8, 4) is 5.75 Å². The van der Waals surface area contributed by atoms with E-state index in [1.807, 2.05) is 27.7 Å². The van der Waals surface area contributed by atoms with E-state index in [1.165, 1.54) is 6.07 Å². The van der Waals surface area contributed by atoms with E-state index < -0.39 is 50.3 Å². The van der Waals surface area contributed by atoms with Gasteiger partial charge in [0.2, 0.25) is 5.60 Å². The van der Waals surface area contributed by atoms with Gasteiger partial charge in [-0.15, -0.1) is 0 Å². The number of allylic oxidation sites excluding steroid dienone is 1. The number of phenolic OH excluding ortho intramolecular Hbond substituents is 1. The Labute approximate surface area is 179 Å². The fourth-order valence-electron chi connectivity index (χ4n) is 5.20. The molecular weight excluding hydrogens is 402 g/mol. The zero-order chi connectivity index (χ0) is 22.9. The number of rotatable bonds is 2. The largest absolute Gasteiger partial charge is 0.502 e. The summed E-state index contributed by atoms with van der Waals surface area (Å²) in [4.78, 5) is 50.8. The summed E-state index contributed by atoms with van der Waals surface area (Å²) in [7, 11) is 0. The summed E-state index contributed by atoms with van der Waals surface area (Å²) in [5.41, 5.74) is -2.90. The van der Waals surface area contributed by atoms with Gasteiger partial charge in [-0.25, -0.2) is 0 Å². The molecule has 0 amide bonds. The van der Waals surface area contributed by atoms with Gasteiger partial charge < -0.3 is 9.84 Å². The van der Waals surface area contributed by atoms with Crippen LogP contribution in [0.2, 0.25) is 0 Å². The number of ketones is 3. The predicted molar refractivity (Wildman–Crippen MR) is 109 cm³/mol. The number of carbonyl (C=O) groups excluding carboxylic acids is 3. The van der Waals surface area contributed by atoms with Crippen LogP contribution in [0.15, 0.2) is 29.5 Å². The minimum Gasteiger partial charge on any atom is -0.502 e. The lowest BCUT2D eigenvalue weighted by molar-refractivity contribution is -0.385. The highest BCUT2D eigenvalue weighted by Gasteiger charge is 2.65. The molecule has 3 aliphatic rings. The number of nitro benzene ring substituents is 1. The van der Waals surface area contributed by atoms with Crippen LogP contribution in [0.25, 0.3) is 0 Å². The Morgan fingerprint density at radius 1 is 1.00 bits per heavy atom. The van der Waals surface area contributed by atoms with E-state index >= 15 is 0 Å². The van der Waals surface area contributed by atoms with Crippen LogP contribution in [-0.4, -0.2) is 33.0 Å². The molecule has 0 saturated heterocycles. The van der Waals surface area contributed by atoms with E-state index in [9.17, 15) is 29.6 Å². The second-order valence-corrected chi connectivity index (χ2v) is 10.4. The summed E-state index contributed by atoms with van der Waals surface area (Å²) < 4.78 is 6.14. The summed E-state index contributed by atoms with van der Waals surface area (Å²) in [6.07, 6.45) is 0.785. The van der Waals surface area contributed by atoms with Gasteiger partial charge in [0.15, 0.2) is 23.1 Å². The number of nitrogens with zero attached hydrogens (tertiary/aromatic N) is 1. The molecule has 31 heavy (non-hydrogen) atoms. The summed E-state index contributed by atoms with van der Waals surface area (Å²) in [5, 5.41) is 21.3. The molecule has 4 rings (SSSR count). The van der Waals surface area contributed by atoms with Gasteiger partial charge in [0.1, 0.15) is 5.76 Å². The number of ether oxygens (including phenoxy) is 1. The van der Waals surface area contributed by atoms with Crippen LogP contribution in [0.3, 0.4) is 0 Å². The van der Waals surface area contributed by atoms with Crippen molar-refractivity contribution in [1.82, 2.24) is 0 Å². The highest BCUT2D eigenvalue weighted by molar-refractivity contribution is 6.17. The van der Waals surface area contributed by atoms with Crippen LogP contribution >= 0.6 is 0 Å². The zero-order valence-electron chi connectivity index (χ0n) is 18.0.